The molecule has 0 radical (unpaired) electrons. The highest BCUT2D eigenvalue weighted by Crippen LogP contribution is 2.16. The third-order valence-electron chi connectivity index (χ3n) is 3.63. The molecule has 0 aliphatic rings. The first-order chi connectivity index (χ1) is 12.3. The van der Waals surface area contributed by atoms with Crippen LogP contribution in [0.1, 0.15) is 33.6 Å². The summed E-state index contributed by atoms with van der Waals surface area (Å²) >= 11 is 1.69. The second kappa shape index (κ2) is 9.14. The van der Waals surface area contributed by atoms with E-state index in [4.69, 9.17) is 0 Å². The number of rotatable bonds is 7. The fourth-order valence-corrected chi connectivity index (χ4v) is 4.13. The number of thiazole rings is 1. The molecule has 2 N–H and O–H groups in total. The van der Waals surface area contributed by atoms with E-state index in [1.165, 1.54) is 11.1 Å². The molecule has 142 valence electrons. The van der Waals surface area contributed by atoms with Crippen molar-refractivity contribution in [3.8, 4) is 0 Å². The molecule has 0 saturated carbocycles. The molecule has 0 saturated heterocycles. The molecule has 1 aromatic carbocycles. The summed E-state index contributed by atoms with van der Waals surface area (Å²) in [6.45, 7) is 8.04. The van der Waals surface area contributed by atoms with E-state index in [2.05, 4.69) is 20.6 Å². The lowest BCUT2D eigenvalue weighted by molar-refractivity contribution is 0.601. The largest absolute Gasteiger partial charge is 0.357 e. The van der Waals surface area contributed by atoms with Gasteiger partial charge in [-0.05, 0) is 31.9 Å². The normalized spacial score (nSPS) is 12.2. The maximum Gasteiger partial charge on any atom is 0.191 e. The summed E-state index contributed by atoms with van der Waals surface area (Å²) in [5.74, 6) is 0.812. The Bertz CT molecular complexity index is 856. The molecular weight excluding hydrogens is 368 g/mol. The number of benzene rings is 1. The van der Waals surface area contributed by atoms with Crippen LogP contribution in [-0.2, 0) is 28.7 Å². The van der Waals surface area contributed by atoms with Crippen LogP contribution in [-0.4, -0.2) is 32.2 Å². The molecule has 0 aliphatic heterocycles. The summed E-state index contributed by atoms with van der Waals surface area (Å²) in [6, 6.07) is 7.53. The summed E-state index contributed by atoms with van der Waals surface area (Å²) in [7, 11) is -3.01. The average molecular weight is 395 g/mol. The van der Waals surface area contributed by atoms with Crippen LogP contribution in [0.15, 0.2) is 29.3 Å². The third-order valence-corrected chi connectivity index (χ3v) is 5.56. The van der Waals surface area contributed by atoms with Gasteiger partial charge in [0, 0.05) is 17.7 Å². The number of nitrogens with zero attached hydrogens (tertiary/aromatic N) is 2. The molecule has 0 spiro atoms. The molecule has 0 atom stereocenters. The van der Waals surface area contributed by atoms with Crippen molar-refractivity contribution in [3.63, 3.8) is 0 Å². The molecule has 2 aromatic rings. The molecule has 2 rings (SSSR count). The maximum atomic E-state index is 11.3. The Kier molecular flexibility index (Phi) is 7.16. The highest BCUT2D eigenvalue weighted by Gasteiger charge is 2.06. The van der Waals surface area contributed by atoms with Crippen molar-refractivity contribution in [2.45, 2.75) is 39.6 Å². The molecule has 26 heavy (non-hydrogen) atoms. The van der Waals surface area contributed by atoms with Crippen LogP contribution in [0.4, 0.5) is 0 Å². The first kappa shape index (κ1) is 20.4. The number of aromatic nitrogens is 1. The minimum absolute atomic E-state index is 0.0638. The van der Waals surface area contributed by atoms with Gasteiger partial charge in [-0.2, -0.15) is 0 Å². The Morgan fingerprint density at radius 1 is 1.15 bits per heavy atom. The summed E-state index contributed by atoms with van der Waals surface area (Å²) in [6.07, 6.45) is 1.24. The fraction of sp³-hybridized carbons (Fsp3) is 0.444. The van der Waals surface area contributed by atoms with Crippen molar-refractivity contribution >= 4 is 27.1 Å². The first-order valence-electron chi connectivity index (χ1n) is 8.47. The minimum Gasteiger partial charge on any atom is -0.357 e. The Labute approximate surface area is 159 Å². The van der Waals surface area contributed by atoms with Gasteiger partial charge in [0.1, 0.15) is 0 Å². The summed E-state index contributed by atoms with van der Waals surface area (Å²) in [5.41, 5.74) is 2.88. The van der Waals surface area contributed by atoms with Crippen LogP contribution in [0.3, 0.4) is 0 Å². The number of guanidine groups is 1. The maximum absolute atomic E-state index is 11.3. The van der Waals surface area contributed by atoms with Crippen molar-refractivity contribution in [2.75, 3.05) is 12.8 Å². The fourth-order valence-electron chi connectivity index (χ4n) is 2.46. The zero-order valence-electron chi connectivity index (χ0n) is 15.7. The van der Waals surface area contributed by atoms with Gasteiger partial charge in [-0.1, -0.05) is 24.3 Å². The summed E-state index contributed by atoms with van der Waals surface area (Å²) in [4.78, 5) is 10.2. The predicted octanol–water partition coefficient (Wildman–Crippen LogP) is 2.56. The quantitative estimate of drug-likeness (QED) is 0.557. The van der Waals surface area contributed by atoms with Gasteiger partial charge in [-0.15, -0.1) is 11.3 Å². The standard InChI is InChI=1S/C18H26N4O2S2/c1-5-19-18(21-11-17-13(2)22-14(3)25-17)20-10-15-6-8-16(9-7-15)12-26(4,23)24/h6-9H,5,10-12H2,1-4H3,(H2,19,20,21). The number of sulfone groups is 1. The van der Waals surface area contributed by atoms with Crippen LogP contribution >= 0.6 is 11.3 Å². The van der Waals surface area contributed by atoms with E-state index in [1.54, 1.807) is 11.3 Å². The molecule has 0 unspecified atom stereocenters. The van der Waals surface area contributed by atoms with Crippen LogP contribution < -0.4 is 10.6 Å². The number of aliphatic imine (C=N–C) groups is 1. The van der Waals surface area contributed by atoms with Gasteiger partial charge in [-0.3, -0.25) is 0 Å². The monoisotopic (exact) mass is 394 g/mol. The second-order valence-electron chi connectivity index (χ2n) is 6.18. The number of nitrogens with one attached hydrogen (secondary N) is 2. The Balaban J connectivity index is 1.98. The van der Waals surface area contributed by atoms with E-state index < -0.39 is 9.84 Å². The van der Waals surface area contributed by atoms with Crippen molar-refractivity contribution in [3.05, 3.63) is 51.0 Å². The van der Waals surface area contributed by atoms with Crippen molar-refractivity contribution in [1.29, 1.82) is 0 Å². The van der Waals surface area contributed by atoms with Crippen molar-refractivity contribution < 1.29 is 8.42 Å². The molecule has 0 bridgehead atoms. The first-order valence-corrected chi connectivity index (χ1v) is 11.3. The zero-order valence-corrected chi connectivity index (χ0v) is 17.3. The smallest absolute Gasteiger partial charge is 0.191 e. The molecule has 0 amide bonds. The van der Waals surface area contributed by atoms with Gasteiger partial charge >= 0.3 is 0 Å². The zero-order chi connectivity index (χ0) is 19.2. The van der Waals surface area contributed by atoms with E-state index in [9.17, 15) is 8.42 Å². The predicted molar refractivity (Wildman–Crippen MR) is 108 cm³/mol. The van der Waals surface area contributed by atoms with E-state index in [0.29, 0.717) is 13.1 Å². The van der Waals surface area contributed by atoms with Gasteiger partial charge < -0.3 is 10.6 Å². The molecule has 0 aliphatic carbocycles. The average Bonchev–Trinajstić information content (AvgIpc) is 2.87. The van der Waals surface area contributed by atoms with Crippen LogP contribution in [0.5, 0.6) is 0 Å². The number of aryl methyl sites for hydroxylation is 2. The van der Waals surface area contributed by atoms with Crippen LogP contribution in [0.2, 0.25) is 0 Å². The van der Waals surface area contributed by atoms with Gasteiger partial charge in [0.2, 0.25) is 0 Å². The van der Waals surface area contributed by atoms with Gasteiger partial charge in [0.25, 0.3) is 0 Å². The topological polar surface area (TPSA) is 83.5 Å². The Morgan fingerprint density at radius 3 is 2.35 bits per heavy atom. The molecule has 1 aromatic heterocycles. The highest BCUT2D eigenvalue weighted by atomic mass is 32.2. The molecule has 6 nitrogen and oxygen atoms in total. The van der Waals surface area contributed by atoms with E-state index in [0.717, 1.165) is 34.3 Å². The lowest BCUT2D eigenvalue weighted by atomic mass is 10.1. The molecule has 0 fully saturated rings. The Morgan fingerprint density at radius 2 is 1.81 bits per heavy atom. The Hall–Kier alpha value is -1.93. The van der Waals surface area contributed by atoms with E-state index in [1.807, 2.05) is 45.0 Å². The van der Waals surface area contributed by atoms with Crippen LogP contribution in [0, 0.1) is 13.8 Å². The SMILES string of the molecule is CCNC(=NCc1ccc(CS(C)(=O)=O)cc1)NCc1sc(C)nc1C. The van der Waals surface area contributed by atoms with E-state index >= 15 is 0 Å². The van der Waals surface area contributed by atoms with Gasteiger partial charge in [0.05, 0.1) is 29.5 Å². The molecule has 8 heteroatoms. The van der Waals surface area contributed by atoms with Crippen molar-refractivity contribution in [1.82, 2.24) is 15.6 Å². The van der Waals surface area contributed by atoms with Crippen molar-refractivity contribution in [2.24, 2.45) is 4.99 Å². The lowest BCUT2D eigenvalue weighted by Gasteiger charge is -2.11. The molecular formula is C18H26N4O2S2. The lowest BCUT2D eigenvalue weighted by Crippen LogP contribution is -2.36. The van der Waals surface area contributed by atoms with Gasteiger partial charge in [-0.25, -0.2) is 18.4 Å². The van der Waals surface area contributed by atoms with E-state index in [-0.39, 0.29) is 5.75 Å². The second-order valence-corrected chi connectivity index (χ2v) is 9.60. The third kappa shape index (κ3) is 6.76. The summed E-state index contributed by atoms with van der Waals surface area (Å²) in [5, 5.41) is 7.63. The number of hydrogen-bond donors (Lipinski definition) is 2. The van der Waals surface area contributed by atoms with Crippen LogP contribution in [0.25, 0.3) is 0 Å². The number of hydrogen-bond acceptors (Lipinski definition) is 5. The summed E-state index contributed by atoms with van der Waals surface area (Å²) < 4.78 is 22.7. The van der Waals surface area contributed by atoms with Gasteiger partial charge in [0.15, 0.2) is 15.8 Å². The minimum atomic E-state index is -3.01. The highest BCUT2D eigenvalue weighted by molar-refractivity contribution is 7.89. The molecule has 1 heterocycles.